The molecule has 3 rings (SSSR count). The van der Waals surface area contributed by atoms with Gasteiger partial charge in [0.2, 0.25) is 0 Å². The van der Waals surface area contributed by atoms with Gasteiger partial charge in [0.15, 0.2) is 0 Å². The molecule has 1 atom stereocenters. The lowest BCUT2D eigenvalue weighted by atomic mass is 10.2. The van der Waals surface area contributed by atoms with E-state index in [0.29, 0.717) is 29.2 Å². The number of morpholine rings is 1. The van der Waals surface area contributed by atoms with Crippen LogP contribution in [0, 0.1) is 0 Å². The third kappa shape index (κ3) is 3.62. The van der Waals surface area contributed by atoms with E-state index in [-0.39, 0.29) is 12.2 Å². The van der Waals surface area contributed by atoms with Gasteiger partial charge in [-0.2, -0.15) is 0 Å². The van der Waals surface area contributed by atoms with E-state index in [1.54, 1.807) is 11.0 Å². The lowest BCUT2D eigenvalue weighted by Crippen LogP contribution is -2.46. The number of aromatic nitrogens is 2. The first-order valence-corrected chi connectivity index (χ1v) is 9.12. The minimum absolute atomic E-state index is 0.222. The fourth-order valence-corrected chi connectivity index (χ4v) is 3.88. The van der Waals surface area contributed by atoms with Gasteiger partial charge in [-0.25, -0.2) is 9.78 Å². The summed E-state index contributed by atoms with van der Waals surface area (Å²) in [4.78, 5) is 33.6. The van der Waals surface area contributed by atoms with Crippen molar-refractivity contribution in [3.8, 4) is 0 Å². The maximum atomic E-state index is 12.5. The molecular formula is C15H18BrN3O4S. The van der Waals surface area contributed by atoms with E-state index in [0.717, 1.165) is 3.79 Å². The second kappa shape index (κ2) is 6.45. The Kier molecular flexibility index (Phi) is 4.67. The van der Waals surface area contributed by atoms with E-state index in [1.165, 1.54) is 11.3 Å². The van der Waals surface area contributed by atoms with Crippen LogP contribution in [0.4, 0.5) is 4.79 Å². The fraction of sp³-hybridized carbons (Fsp3) is 0.533. The number of thiophene rings is 1. The summed E-state index contributed by atoms with van der Waals surface area (Å²) < 4.78 is 12.3. The summed E-state index contributed by atoms with van der Waals surface area (Å²) in [5.74, 6) is 0.406. The zero-order valence-electron chi connectivity index (χ0n) is 13.6. The fourth-order valence-electron chi connectivity index (χ4n) is 2.46. The Bertz CT molecular complexity index is 826. The molecule has 1 saturated heterocycles. The van der Waals surface area contributed by atoms with E-state index >= 15 is 0 Å². The number of ether oxygens (including phenoxy) is 2. The van der Waals surface area contributed by atoms with Gasteiger partial charge < -0.3 is 14.5 Å². The predicted octanol–water partition coefficient (Wildman–Crippen LogP) is 3.06. The molecule has 1 fully saturated rings. The third-order valence-corrected chi connectivity index (χ3v) is 5.07. The van der Waals surface area contributed by atoms with Crippen molar-refractivity contribution < 1.29 is 14.3 Å². The first-order chi connectivity index (χ1) is 11.2. The molecule has 0 spiro atoms. The third-order valence-electron chi connectivity index (χ3n) is 3.44. The van der Waals surface area contributed by atoms with Crippen LogP contribution < -0.4 is 5.56 Å². The van der Waals surface area contributed by atoms with Gasteiger partial charge in [-0.05, 0) is 42.8 Å². The molecule has 2 aromatic rings. The Morgan fingerprint density at radius 2 is 2.29 bits per heavy atom. The first kappa shape index (κ1) is 17.4. The van der Waals surface area contributed by atoms with Crippen LogP contribution in [-0.4, -0.2) is 46.3 Å². The number of hydrogen-bond acceptors (Lipinski definition) is 6. The molecule has 2 aromatic heterocycles. The van der Waals surface area contributed by atoms with Crippen LogP contribution in [0.1, 0.15) is 32.6 Å². The predicted molar refractivity (Wildman–Crippen MR) is 94.4 cm³/mol. The molecule has 9 heteroatoms. The van der Waals surface area contributed by atoms with Gasteiger partial charge in [0.05, 0.1) is 22.5 Å². The lowest BCUT2D eigenvalue weighted by Gasteiger charge is -2.35. The quantitative estimate of drug-likeness (QED) is 0.773. The zero-order valence-corrected chi connectivity index (χ0v) is 16.0. The molecule has 1 N–H and O–H groups in total. The minimum atomic E-state index is -0.594. The monoisotopic (exact) mass is 415 g/mol. The molecule has 0 aromatic carbocycles. The molecular weight excluding hydrogens is 398 g/mol. The molecule has 0 saturated carbocycles. The second-order valence-corrected chi connectivity index (χ2v) is 8.91. The van der Waals surface area contributed by atoms with Crippen LogP contribution >= 0.6 is 27.3 Å². The maximum Gasteiger partial charge on any atom is 0.411 e. The molecule has 130 valence electrons. The molecule has 7 nitrogen and oxygen atoms in total. The number of nitrogens with zero attached hydrogens (tertiary/aromatic N) is 2. The molecule has 0 radical (unpaired) electrons. The van der Waals surface area contributed by atoms with Crippen molar-refractivity contribution in [2.24, 2.45) is 0 Å². The van der Waals surface area contributed by atoms with Gasteiger partial charge in [0.1, 0.15) is 22.2 Å². The molecule has 1 unspecified atom stereocenters. The normalized spacial score (nSPS) is 18.8. The van der Waals surface area contributed by atoms with E-state index in [9.17, 15) is 9.59 Å². The molecule has 1 amide bonds. The number of amides is 1. The zero-order chi connectivity index (χ0) is 17.5. The number of carbonyl (C=O) groups is 1. The van der Waals surface area contributed by atoms with E-state index < -0.39 is 17.7 Å². The van der Waals surface area contributed by atoms with E-state index in [2.05, 4.69) is 25.9 Å². The number of H-pyrrole nitrogens is 1. The Labute approximate surface area is 151 Å². The Morgan fingerprint density at radius 1 is 1.54 bits per heavy atom. The number of hydrogen-bond donors (Lipinski definition) is 1. The SMILES string of the molecule is CC(C)(C)OC(=O)N1CCOCC1c1nc2cc(Br)sc2c(=O)[nH]1. The van der Waals surface area contributed by atoms with Gasteiger partial charge in [-0.15, -0.1) is 11.3 Å². The van der Waals surface area contributed by atoms with Crippen molar-refractivity contribution in [1.29, 1.82) is 0 Å². The van der Waals surface area contributed by atoms with Gasteiger partial charge in [0, 0.05) is 6.54 Å². The topological polar surface area (TPSA) is 84.5 Å². The summed E-state index contributed by atoms with van der Waals surface area (Å²) >= 11 is 4.69. The van der Waals surface area contributed by atoms with Crippen molar-refractivity contribution in [3.63, 3.8) is 0 Å². The van der Waals surface area contributed by atoms with Crippen LogP contribution in [0.25, 0.3) is 10.2 Å². The van der Waals surface area contributed by atoms with Gasteiger partial charge in [-0.1, -0.05) is 0 Å². The molecule has 3 heterocycles. The van der Waals surface area contributed by atoms with Crippen LogP contribution in [-0.2, 0) is 9.47 Å². The Balaban J connectivity index is 1.96. The summed E-state index contributed by atoms with van der Waals surface area (Å²) in [7, 11) is 0. The average Bonchev–Trinajstić information content (AvgIpc) is 2.86. The van der Waals surface area contributed by atoms with Crippen molar-refractivity contribution >= 4 is 43.6 Å². The number of fused-ring (bicyclic) bond motifs is 1. The highest BCUT2D eigenvalue weighted by atomic mass is 79.9. The van der Waals surface area contributed by atoms with Crippen molar-refractivity contribution in [3.05, 3.63) is 26.0 Å². The average molecular weight is 416 g/mol. The summed E-state index contributed by atoms with van der Waals surface area (Å²) in [5.41, 5.74) is -0.219. The molecule has 1 aliphatic heterocycles. The second-order valence-electron chi connectivity index (χ2n) is 6.48. The van der Waals surface area contributed by atoms with Crippen molar-refractivity contribution in [2.45, 2.75) is 32.4 Å². The van der Waals surface area contributed by atoms with Gasteiger partial charge in [0.25, 0.3) is 5.56 Å². The minimum Gasteiger partial charge on any atom is -0.444 e. The summed E-state index contributed by atoms with van der Waals surface area (Å²) in [6, 6.07) is 1.31. The summed E-state index contributed by atoms with van der Waals surface area (Å²) in [6.45, 7) is 6.51. The first-order valence-electron chi connectivity index (χ1n) is 7.51. The van der Waals surface area contributed by atoms with Gasteiger partial charge >= 0.3 is 6.09 Å². The molecule has 0 bridgehead atoms. The highest BCUT2D eigenvalue weighted by Gasteiger charge is 2.33. The standard InChI is InChI=1S/C15H18BrN3O4S/c1-15(2,3)23-14(21)19-4-5-22-7-9(19)12-17-8-6-10(16)24-11(8)13(20)18-12/h6,9H,4-5,7H2,1-3H3,(H,17,18,20). The summed E-state index contributed by atoms with van der Waals surface area (Å²) in [5, 5.41) is 0. The number of carbonyl (C=O) groups excluding carboxylic acids is 1. The summed E-state index contributed by atoms with van der Waals surface area (Å²) in [6.07, 6.45) is -0.440. The van der Waals surface area contributed by atoms with E-state index in [4.69, 9.17) is 9.47 Å². The van der Waals surface area contributed by atoms with Gasteiger partial charge in [-0.3, -0.25) is 9.69 Å². The van der Waals surface area contributed by atoms with Crippen LogP contribution in [0.3, 0.4) is 0 Å². The van der Waals surface area contributed by atoms with E-state index in [1.807, 2.05) is 20.8 Å². The van der Waals surface area contributed by atoms with Crippen LogP contribution in [0.5, 0.6) is 0 Å². The molecule has 1 aliphatic rings. The molecule has 24 heavy (non-hydrogen) atoms. The smallest absolute Gasteiger partial charge is 0.411 e. The largest absolute Gasteiger partial charge is 0.444 e. The van der Waals surface area contributed by atoms with Crippen molar-refractivity contribution in [2.75, 3.05) is 19.8 Å². The lowest BCUT2D eigenvalue weighted by molar-refractivity contribution is -0.0350. The molecule has 0 aliphatic carbocycles. The highest BCUT2D eigenvalue weighted by molar-refractivity contribution is 9.11. The Morgan fingerprint density at radius 3 is 3.00 bits per heavy atom. The highest BCUT2D eigenvalue weighted by Crippen LogP contribution is 2.28. The number of rotatable bonds is 1. The number of aromatic amines is 1. The maximum absolute atomic E-state index is 12.5. The number of halogens is 1. The van der Waals surface area contributed by atoms with Crippen molar-refractivity contribution in [1.82, 2.24) is 14.9 Å². The number of nitrogens with one attached hydrogen (secondary N) is 1. The van der Waals surface area contributed by atoms with Crippen LogP contribution in [0.15, 0.2) is 14.6 Å². The van der Waals surface area contributed by atoms with Crippen LogP contribution in [0.2, 0.25) is 0 Å². The Hall–Kier alpha value is -1.45.